The summed E-state index contributed by atoms with van der Waals surface area (Å²) >= 11 is 1.70. The Bertz CT molecular complexity index is 924. The van der Waals surface area contributed by atoms with Gasteiger partial charge in [-0.05, 0) is 77.6 Å². The number of carbonyl (C=O) groups is 1. The Balaban J connectivity index is 1.82. The molecule has 1 fully saturated rings. The topological polar surface area (TPSA) is 49.8 Å². The molecular weight excluding hydrogens is 394 g/mol. The number of benzene rings is 2. The molecule has 162 valence electrons. The Hall–Kier alpha value is -1.98. The summed E-state index contributed by atoms with van der Waals surface area (Å²) in [7, 11) is 0. The molecule has 4 nitrogen and oxygen atoms in total. The molecule has 1 amide bonds. The number of hydrogen-bond acceptors (Lipinski definition) is 4. The van der Waals surface area contributed by atoms with Crippen molar-refractivity contribution in [2.45, 2.75) is 75.4 Å². The molecule has 0 aromatic heterocycles. The summed E-state index contributed by atoms with van der Waals surface area (Å²) in [5.41, 5.74) is 3.09. The van der Waals surface area contributed by atoms with Gasteiger partial charge in [-0.25, -0.2) is 4.79 Å². The summed E-state index contributed by atoms with van der Waals surface area (Å²) in [6.07, 6.45) is 0.686. The van der Waals surface area contributed by atoms with Gasteiger partial charge in [-0.2, -0.15) is 0 Å². The third-order valence-corrected chi connectivity index (χ3v) is 6.68. The van der Waals surface area contributed by atoms with E-state index in [1.807, 2.05) is 27.7 Å². The zero-order valence-corrected chi connectivity index (χ0v) is 19.7. The molecule has 0 aliphatic carbocycles. The molecule has 2 aromatic rings. The van der Waals surface area contributed by atoms with Crippen LogP contribution in [-0.4, -0.2) is 34.8 Å². The van der Waals surface area contributed by atoms with Crippen molar-refractivity contribution < 1.29 is 14.6 Å². The Morgan fingerprint density at radius 2 is 1.57 bits per heavy atom. The summed E-state index contributed by atoms with van der Waals surface area (Å²) < 4.78 is 5.50. The lowest BCUT2D eigenvalue weighted by atomic mass is 9.84. The van der Waals surface area contributed by atoms with Crippen LogP contribution in [0, 0.1) is 20.8 Å². The highest BCUT2D eigenvalue weighted by Crippen LogP contribution is 2.42. The number of aryl methyl sites for hydroxylation is 3. The number of hydrogen-bond donors (Lipinski definition) is 1. The third-order valence-electron chi connectivity index (χ3n) is 5.43. The molecule has 1 saturated heterocycles. The average Bonchev–Trinajstić information content (AvgIpc) is 2.64. The van der Waals surface area contributed by atoms with Crippen LogP contribution in [0.25, 0.3) is 0 Å². The normalized spacial score (nSPS) is 16.4. The first-order valence-electron chi connectivity index (χ1n) is 10.5. The van der Waals surface area contributed by atoms with Crippen molar-refractivity contribution in [2.24, 2.45) is 0 Å². The zero-order chi connectivity index (χ0) is 22.1. The molecule has 3 rings (SSSR count). The highest BCUT2D eigenvalue weighted by atomic mass is 32.2. The first kappa shape index (κ1) is 22.7. The molecule has 2 aromatic carbocycles. The van der Waals surface area contributed by atoms with Gasteiger partial charge >= 0.3 is 6.09 Å². The molecule has 0 unspecified atom stereocenters. The van der Waals surface area contributed by atoms with E-state index >= 15 is 0 Å². The fraction of sp³-hybridized carbons (Fsp3) is 0.480. The summed E-state index contributed by atoms with van der Waals surface area (Å²) in [4.78, 5) is 16.4. The minimum atomic E-state index is -0.953. The molecule has 1 heterocycles. The van der Waals surface area contributed by atoms with E-state index < -0.39 is 11.2 Å². The van der Waals surface area contributed by atoms with E-state index in [1.165, 1.54) is 16.0 Å². The van der Waals surface area contributed by atoms with Crippen LogP contribution in [0.2, 0.25) is 0 Å². The number of carbonyl (C=O) groups excluding carboxylic acids is 1. The monoisotopic (exact) mass is 427 g/mol. The lowest BCUT2D eigenvalue weighted by Crippen LogP contribution is -2.47. The summed E-state index contributed by atoms with van der Waals surface area (Å²) in [6.45, 7) is 12.8. The van der Waals surface area contributed by atoms with Crippen LogP contribution >= 0.6 is 11.8 Å². The maximum atomic E-state index is 12.4. The van der Waals surface area contributed by atoms with Gasteiger partial charge in [0.05, 0.1) is 5.60 Å². The van der Waals surface area contributed by atoms with Gasteiger partial charge in [0, 0.05) is 22.9 Å². The highest BCUT2D eigenvalue weighted by Gasteiger charge is 2.38. The van der Waals surface area contributed by atoms with Crippen LogP contribution in [-0.2, 0) is 10.3 Å². The first-order chi connectivity index (χ1) is 14.0. The van der Waals surface area contributed by atoms with E-state index in [0.29, 0.717) is 25.9 Å². The van der Waals surface area contributed by atoms with E-state index in [9.17, 15) is 9.90 Å². The lowest BCUT2D eigenvalue weighted by molar-refractivity contribution is -0.0371. The van der Waals surface area contributed by atoms with Crippen LogP contribution < -0.4 is 0 Å². The second-order valence-electron chi connectivity index (χ2n) is 9.37. The number of nitrogens with zero attached hydrogens (tertiary/aromatic N) is 1. The molecule has 0 spiro atoms. The molecule has 1 N–H and O–H groups in total. The first-order valence-corrected chi connectivity index (χ1v) is 11.3. The Morgan fingerprint density at radius 3 is 2.13 bits per heavy atom. The molecule has 0 bridgehead atoms. The molecule has 30 heavy (non-hydrogen) atoms. The van der Waals surface area contributed by atoms with Gasteiger partial charge in [-0.15, -0.1) is 0 Å². The fourth-order valence-electron chi connectivity index (χ4n) is 3.78. The Kier molecular flexibility index (Phi) is 6.54. The predicted molar refractivity (Wildman–Crippen MR) is 122 cm³/mol. The molecule has 5 heteroatoms. The van der Waals surface area contributed by atoms with E-state index in [0.717, 1.165) is 16.0 Å². The van der Waals surface area contributed by atoms with Crippen LogP contribution in [0.1, 0.15) is 55.9 Å². The van der Waals surface area contributed by atoms with Crippen LogP contribution in [0.4, 0.5) is 4.79 Å². The van der Waals surface area contributed by atoms with Crippen molar-refractivity contribution in [3.63, 3.8) is 0 Å². The Morgan fingerprint density at radius 1 is 1.00 bits per heavy atom. The molecule has 1 aliphatic rings. The van der Waals surface area contributed by atoms with Crippen molar-refractivity contribution in [3.8, 4) is 0 Å². The minimum absolute atomic E-state index is 0.307. The lowest BCUT2D eigenvalue weighted by Gasteiger charge is -2.39. The van der Waals surface area contributed by atoms with Crippen LogP contribution in [0.3, 0.4) is 0 Å². The minimum Gasteiger partial charge on any atom is -0.444 e. The summed E-state index contributed by atoms with van der Waals surface area (Å²) in [5.74, 6) is 0. The van der Waals surface area contributed by atoms with Gasteiger partial charge in [-0.1, -0.05) is 47.2 Å². The second kappa shape index (κ2) is 8.64. The number of piperidine rings is 1. The molecule has 0 atom stereocenters. The predicted octanol–water partition coefficient (Wildman–Crippen LogP) is 5.98. The van der Waals surface area contributed by atoms with Crippen molar-refractivity contribution in [2.75, 3.05) is 13.1 Å². The van der Waals surface area contributed by atoms with E-state index in [4.69, 9.17) is 4.74 Å². The molecule has 0 saturated carbocycles. The number of amides is 1. The van der Waals surface area contributed by atoms with Crippen LogP contribution in [0.15, 0.2) is 46.2 Å². The molecule has 1 aliphatic heterocycles. The van der Waals surface area contributed by atoms with E-state index in [1.54, 1.807) is 16.7 Å². The molecule has 0 radical (unpaired) electrons. The van der Waals surface area contributed by atoms with Gasteiger partial charge < -0.3 is 14.7 Å². The number of likely N-dealkylation sites (tertiary alicyclic amines) is 1. The van der Waals surface area contributed by atoms with Gasteiger partial charge in [0.2, 0.25) is 0 Å². The standard InChI is InChI=1S/C25H33NO3S/c1-17-7-9-21(19(3)15-17)30-22-10-8-18(2)16-20(22)25(28)11-13-26(14-12-25)23(27)29-24(4,5)6/h7-10,15-16,28H,11-14H2,1-6H3. The van der Waals surface area contributed by atoms with Crippen molar-refractivity contribution >= 4 is 17.9 Å². The van der Waals surface area contributed by atoms with Gasteiger partial charge in [0.1, 0.15) is 5.60 Å². The average molecular weight is 428 g/mol. The van der Waals surface area contributed by atoms with E-state index in [-0.39, 0.29) is 6.09 Å². The van der Waals surface area contributed by atoms with Crippen molar-refractivity contribution in [3.05, 3.63) is 58.7 Å². The quantitative estimate of drug-likeness (QED) is 0.654. The highest BCUT2D eigenvalue weighted by molar-refractivity contribution is 7.99. The molecular formula is C25H33NO3S. The SMILES string of the molecule is Cc1ccc(Sc2ccc(C)cc2C2(O)CCN(C(=O)OC(C)(C)C)CC2)c(C)c1. The van der Waals surface area contributed by atoms with Crippen molar-refractivity contribution in [1.82, 2.24) is 4.90 Å². The Labute approximate surface area is 184 Å². The summed E-state index contributed by atoms with van der Waals surface area (Å²) in [6, 6.07) is 12.7. The van der Waals surface area contributed by atoms with Gasteiger partial charge in [0.25, 0.3) is 0 Å². The van der Waals surface area contributed by atoms with E-state index in [2.05, 4.69) is 50.2 Å². The maximum Gasteiger partial charge on any atom is 0.410 e. The van der Waals surface area contributed by atoms with Gasteiger partial charge in [0.15, 0.2) is 0 Å². The second-order valence-corrected chi connectivity index (χ2v) is 10.5. The van der Waals surface area contributed by atoms with Crippen LogP contribution in [0.5, 0.6) is 0 Å². The largest absolute Gasteiger partial charge is 0.444 e. The summed E-state index contributed by atoms with van der Waals surface area (Å²) in [5, 5.41) is 11.6. The zero-order valence-electron chi connectivity index (χ0n) is 18.9. The maximum absolute atomic E-state index is 12.4. The number of rotatable bonds is 3. The third kappa shape index (κ3) is 5.38. The smallest absolute Gasteiger partial charge is 0.410 e. The fourth-order valence-corrected chi connectivity index (χ4v) is 4.87. The van der Waals surface area contributed by atoms with Crippen molar-refractivity contribution in [1.29, 1.82) is 0 Å². The number of ether oxygens (including phenoxy) is 1. The number of aliphatic hydroxyl groups is 1. The van der Waals surface area contributed by atoms with Gasteiger partial charge in [-0.3, -0.25) is 0 Å².